The second-order valence-electron chi connectivity index (χ2n) is 20.4. The Labute approximate surface area is 417 Å². The van der Waals surface area contributed by atoms with Crippen LogP contribution in [0.2, 0.25) is 0 Å². The van der Waals surface area contributed by atoms with Gasteiger partial charge in [0.2, 0.25) is 0 Å². The van der Waals surface area contributed by atoms with E-state index in [1.165, 1.54) is 27.2 Å². The highest BCUT2D eigenvalue weighted by Gasteiger charge is 2.55. The first-order valence-corrected chi connectivity index (χ1v) is 25.6. The summed E-state index contributed by atoms with van der Waals surface area (Å²) in [4.78, 5) is 37.9. The van der Waals surface area contributed by atoms with Crippen LogP contribution in [0.3, 0.4) is 0 Å². The number of carbonyl (C=O) groups is 3. The second-order valence-corrected chi connectivity index (χ2v) is 20.4. The first-order chi connectivity index (χ1) is 33.3. The normalized spacial score (nSPS) is 40.2. The number of esters is 2. The van der Waals surface area contributed by atoms with Gasteiger partial charge in [0, 0.05) is 101 Å². The van der Waals surface area contributed by atoms with Gasteiger partial charge in [-0.3, -0.25) is 0 Å². The molecular weight excluding hydrogens is 901 g/mol. The van der Waals surface area contributed by atoms with Gasteiger partial charge < -0.3 is 58.3 Å². The van der Waals surface area contributed by atoms with Crippen molar-refractivity contribution >= 4 is 17.9 Å². The van der Waals surface area contributed by atoms with Crippen LogP contribution in [0.4, 0.5) is 0 Å². The fourth-order valence-corrected chi connectivity index (χ4v) is 10.0. The van der Waals surface area contributed by atoms with E-state index in [1.807, 2.05) is 50.3 Å². The predicted molar refractivity (Wildman–Crippen MR) is 265 cm³/mol. The van der Waals surface area contributed by atoms with Crippen LogP contribution in [0.15, 0.2) is 72.4 Å². The third-order valence-electron chi connectivity index (χ3n) is 14.9. The minimum Gasteiger partial charge on any atom is -0.478 e. The number of carboxylic acids is 1. The van der Waals surface area contributed by atoms with E-state index >= 15 is 0 Å². The molecule has 396 valence electrons. The van der Waals surface area contributed by atoms with E-state index in [9.17, 15) is 34.8 Å². The van der Waals surface area contributed by atoms with Crippen LogP contribution in [-0.4, -0.2) is 139 Å². The summed E-state index contributed by atoms with van der Waals surface area (Å²) in [6.07, 6.45) is 17.5. The summed E-state index contributed by atoms with van der Waals surface area (Å²) < 4.78 is 49.7. The molecule has 4 aliphatic heterocycles. The van der Waals surface area contributed by atoms with Crippen LogP contribution < -0.4 is 0 Å². The van der Waals surface area contributed by atoms with E-state index in [-0.39, 0.29) is 67.0 Å². The number of carbonyl (C=O) groups excluding carboxylic acids is 2. The van der Waals surface area contributed by atoms with E-state index in [1.54, 1.807) is 39.2 Å². The molecule has 3 saturated heterocycles. The van der Waals surface area contributed by atoms with Crippen molar-refractivity contribution in [3.05, 3.63) is 72.4 Å². The zero-order chi connectivity index (χ0) is 51.7. The number of rotatable bonds is 12. The Kier molecular flexibility index (Phi) is 24.2. The van der Waals surface area contributed by atoms with Gasteiger partial charge in [-0.2, -0.15) is 0 Å². The molecule has 4 heterocycles. The van der Waals surface area contributed by atoms with Crippen LogP contribution in [0.5, 0.6) is 0 Å². The number of ether oxygens (including phenoxy) is 8. The number of hydrogen-bond acceptors (Lipinski definition) is 14. The molecule has 4 N–H and O–H groups in total. The number of epoxide rings is 1. The van der Waals surface area contributed by atoms with Gasteiger partial charge >= 0.3 is 17.9 Å². The van der Waals surface area contributed by atoms with Gasteiger partial charge in [-0.25, -0.2) is 14.4 Å². The van der Waals surface area contributed by atoms with Crippen molar-refractivity contribution in [2.75, 3.05) is 21.3 Å². The smallest absolute Gasteiger partial charge is 0.334 e. The number of carboxylic acid groups (broad SMARTS) is 1. The Morgan fingerprint density at radius 1 is 0.829 bits per heavy atom. The molecule has 0 aromatic heterocycles. The van der Waals surface area contributed by atoms with Gasteiger partial charge in [0.1, 0.15) is 18.3 Å². The molecule has 2 bridgehead atoms. The van der Waals surface area contributed by atoms with Gasteiger partial charge in [0.15, 0.2) is 5.79 Å². The van der Waals surface area contributed by atoms with Crippen molar-refractivity contribution in [2.24, 2.45) is 35.5 Å². The fraction of sp³-hybridized carbons (Fsp3) is 0.727. The van der Waals surface area contributed by atoms with Gasteiger partial charge in [-0.1, -0.05) is 110 Å². The molecule has 70 heavy (non-hydrogen) atoms. The summed E-state index contributed by atoms with van der Waals surface area (Å²) in [7, 11) is 4.72. The number of fused-ring (bicyclic) bond motifs is 2. The summed E-state index contributed by atoms with van der Waals surface area (Å²) >= 11 is 0. The minimum atomic E-state index is -1.29. The first-order valence-electron chi connectivity index (χ1n) is 25.6. The number of hydrogen-bond donors (Lipinski definition) is 4. The SMILES string of the molecule is CCCC(C)C1OC1C(OC)C(C)C1CCCC2(CC3OC(=O)/C=C\C(C)C(O)CC(OC)/C=C/C(C)C(O)CC(OC(=O)/C(C)=C\C(=O)O)C(OC)C/C=C/C=C\C=C\C(C)C(O)CC(O2)C3C)O1. The molecule has 4 rings (SSSR count). The zero-order valence-electron chi connectivity index (χ0n) is 43.6. The van der Waals surface area contributed by atoms with Gasteiger partial charge in [0.05, 0.1) is 54.9 Å². The number of methoxy groups -OCH3 is 3. The topological polar surface area (TPSA) is 209 Å². The van der Waals surface area contributed by atoms with Crippen molar-refractivity contribution in [3.8, 4) is 0 Å². The lowest BCUT2D eigenvalue weighted by Crippen LogP contribution is -2.58. The second kappa shape index (κ2) is 28.7. The Hall–Kier alpha value is -3.51. The summed E-state index contributed by atoms with van der Waals surface area (Å²) in [5, 5.41) is 43.5. The summed E-state index contributed by atoms with van der Waals surface area (Å²) in [6.45, 7) is 15.4. The molecule has 1 spiro atoms. The van der Waals surface area contributed by atoms with Crippen LogP contribution in [0.25, 0.3) is 0 Å². The summed E-state index contributed by atoms with van der Waals surface area (Å²) in [5.41, 5.74) is -0.115. The lowest BCUT2D eigenvalue weighted by Gasteiger charge is -2.51. The van der Waals surface area contributed by atoms with Crippen molar-refractivity contribution < 1.29 is 72.7 Å². The largest absolute Gasteiger partial charge is 0.478 e. The fourth-order valence-electron chi connectivity index (χ4n) is 10.0. The molecule has 15 nitrogen and oxygen atoms in total. The Morgan fingerprint density at radius 2 is 1.50 bits per heavy atom. The van der Waals surface area contributed by atoms with Gasteiger partial charge in [-0.15, -0.1) is 0 Å². The average molecular weight is 987 g/mol. The molecule has 4 aliphatic rings. The van der Waals surface area contributed by atoms with E-state index < -0.39 is 84.4 Å². The predicted octanol–water partition coefficient (Wildman–Crippen LogP) is 7.76. The summed E-state index contributed by atoms with van der Waals surface area (Å²) in [5.74, 6) is -4.83. The van der Waals surface area contributed by atoms with E-state index in [0.717, 1.165) is 31.8 Å². The standard InChI is InChI=1S/C55H86O15/c1-12-19-36(5)51-53(68-51)52(65-11)39(8)44-22-18-27-55(69-44)32-48-38(7)46(70-55)30-42(57)33(2)20-16-14-13-15-17-21-45(64-10)47(67-54(62)37(6)28-49(59)60)31-43(58)34(3)23-25-40(63-9)29-41(56)35(4)24-26-50(61)66-48/h13-17,20,23-26,28,33-36,38-48,51-53,56-58H,12,18-19,21-22,27,29-32H2,1-11H3,(H,59,60)/b14-13-,17-15+,20-16+,25-23+,26-24-,37-28-. The van der Waals surface area contributed by atoms with E-state index in [4.69, 9.17) is 37.9 Å². The third kappa shape index (κ3) is 17.6. The van der Waals surface area contributed by atoms with Crippen molar-refractivity contribution in [1.82, 2.24) is 0 Å². The maximum atomic E-state index is 13.7. The molecule has 0 amide bonds. The first kappa shape index (κ1) is 59.1. The molecule has 19 atom stereocenters. The van der Waals surface area contributed by atoms with Crippen molar-refractivity contribution in [1.29, 1.82) is 0 Å². The highest BCUT2D eigenvalue weighted by atomic mass is 16.7. The maximum absolute atomic E-state index is 13.7. The lowest BCUT2D eigenvalue weighted by atomic mass is 9.80. The number of aliphatic hydroxyl groups excluding tert-OH is 3. The highest BCUT2D eigenvalue weighted by Crippen LogP contribution is 2.47. The van der Waals surface area contributed by atoms with Gasteiger partial charge in [-0.05, 0) is 38.5 Å². The average Bonchev–Trinajstić information content (AvgIpc) is 4.12. The molecule has 15 heteroatoms. The van der Waals surface area contributed by atoms with E-state index in [2.05, 4.69) is 20.8 Å². The number of allylic oxidation sites excluding steroid dienone is 4. The molecule has 0 saturated carbocycles. The monoisotopic (exact) mass is 987 g/mol. The van der Waals surface area contributed by atoms with Crippen LogP contribution in [0, 0.1) is 35.5 Å². The molecule has 0 aromatic carbocycles. The number of aliphatic carboxylic acids is 1. The number of aliphatic hydroxyl groups is 3. The van der Waals surface area contributed by atoms with Crippen LogP contribution in [0.1, 0.15) is 120 Å². The van der Waals surface area contributed by atoms with Crippen LogP contribution in [-0.2, 0) is 52.3 Å². The molecule has 0 aliphatic carbocycles. The molecule has 0 radical (unpaired) electrons. The van der Waals surface area contributed by atoms with E-state index in [0.29, 0.717) is 25.2 Å². The quantitative estimate of drug-likeness (QED) is 0.0638. The summed E-state index contributed by atoms with van der Waals surface area (Å²) in [6, 6.07) is 0. The van der Waals surface area contributed by atoms with Crippen molar-refractivity contribution in [3.63, 3.8) is 0 Å². The lowest BCUT2D eigenvalue weighted by molar-refractivity contribution is -0.347. The molecular formula is C55H86O15. The van der Waals surface area contributed by atoms with Gasteiger partial charge in [0.25, 0.3) is 0 Å². The highest BCUT2D eigenvalue weighted by molar-refractivity contribution is 5.95. The Bertz CT molecular complexity index is 1820. The van der Waals surface area contributed by atoms with Crippen LogP contribution >= 0.6 is 0 Å². The third-order valence-corrected chi connectivity index (χ3v) is 14.9. The Morgan fingerprint density at radius 3 is 2.17 bits per heavy atom. The molecule has 0 aromatic rings. The zero-order valence-corrected chi connectivity index (χ0v) is 43.6. The maximum Gasteiger partial charge on any atom is 0.334 e. The molecule has 3 fully saturated rings. The minimum absolute atomic E-state index is 0.00912. The molecule has 19 unspecified atom stereocenters. The Balaban J connectivity index is 1.61. The van der Waals surface area contributed by atoms with Crippen molar-refractivity contribution in [2.45, 2.75) is 199 Å².